The molecule has 2 atom stereocenters. The van der Waals surface area contributed by atoms with Crippen LogP contribution in [0.5, 0.6) is 5.75 Å². The lowest BCUT2D eigenvalue weighted by Crippen LogP contribution is -2.34. The highest BCUT2D eigenvalue weighted by molar-refractivity contribution is 9.11. The Kier molecular flexibility index (Phi) is 7.39. The van der Waals surface area contributed by atoms with Crippen molar-refractivity contribution in [1.82, 2.24) is 5.32 Å². The Morgan fingerprint density at radius 1 is 1.33 bits per heavy atom. The summed E-state index contributed by atoms with van der Waals surface area (Å²) in [6.07, 6.45) is 7.50. The molecule has 0 saturated heterocycles. The van der Waals surface area contributed by atoms with Crippen LogP contribution in [0.1, 0.15) is 38.2 Å². The minimum atomic E-state index is 0.628. The first-order chi connectivity index (χ1) is 10.1. The predicted molar refractivity (Wildman–Crippen MR) is 99.4 cm³/mol. The fourth-order valence-electron chi connectivity index (χ4n) is 2.85. The largest absolute Gasteiger partial charge is 0.492 e. The standard InChI is InChI=1S/C16H23Br2NOS/c1-3-20-16-11(7-12(17)8-15(16)18)10-19-13-5-4-6-14(9-13)21-2/h7-8,13-14,19H,3-6,9-10H2,1-2H3. The number of nitrogens with one attached hydrogen (secondary N) is 1. The van der Waals surface area contributed by atoms with Crippen LogP contribution in [0.2, 0.25) is 0 Å². The van der Waals surface area contributed by atoms with Crippen LogP contribution in [0.15, 0.2) is 21.1 Å². The van der Waals surface area contributed by atoms with Gasteiger partial charge in [-0.05, 0) is 60.5 Å². The number of halogens is 2. The molecule has 118 valence electrons. The Bertz CT molecular complexity index is 470. The molecule has 0 bridgehead atoms. The molecular formula is C16H23Br2NOS. The van der Waals surface area contributed by atoms with Crippen molar-refractivity contribution in [3.8, 4) is 5.75 Å². The van der Waals surface area contributed by atoms with Gasteiger partial charge in [-0.1, -0.05) is 22.4 Å². The highest BCUT2D eigenvalue weighted by atomic mass is 79.9. The van der Waals surface area contributed by atoms with Crippen molar-refractivity contribution in [3.63, 3.8) is 0 Å². The van der Waals surface area contributed by atoms with Gasteiger partial charge >= 0.3 is 0 Å². The minimum Gasteiger partial charge on any atom is -0.492 e. The van der Waals surface area contributed by atoms with Crippen LogP contribution in [0, 0.1) is 0 Å². The molecular weight excluding hydrogens is 414 g/mol. The number of hydrogen-bond donors (Lipinski definition) is 1. The molecule has 0 heterocycles. The molecule has 0 radical (unpaired) electrons. The molecule has 2 nitrogen and oxygen atoms in total. The molecule has 0 amide bonds. The summed E-state index contributed by atoms with van der Waals surface area (Å²) in [6, 6.07) is 4.82. The van der Waals surface area contributed by atoms with E-state index in [0.717, 1.165) is 26.5 Å². The molecule has 1 aliphatic rings. The molecule has 1 aromatic carbocycles. The Labute approximate surface area is 149 Å². The monoisotopic (exact) mass is 435 g/mol. The Morgan fingerprint density at radius 2 is 2.14 bits per heavy atom. The van der Waals surface area contributed by atoms with Crippen molar-refractivity contribution >= 4 is 43.6 Å². The van der Waals surface area contributed by atoms with E-state index in [-0.39, 0.29) is 0 Å². The highest BCUT2D eigenvalue weighted by Gasteiger charge is 2.21. The fourth-order valence-corrected chi connectivity index (χ4v) is 5.10. The van der Waals surface area contributed by atoms with E-state index in [1.165, 1.54) is 31.2 Å². The van der Waals surface area contributed by atoms with Crippen LogP contribution in [0.25, 0.3) is 0 Å². The molecule has 1 aliphatic carbocycles. The maximum Gasteiger partial charge on any atom is 0.138 e. The van der Waals surface area contributed by atoms with Gasteiger partial charge in [-0.25, -0.2) is 0 Å². The quantitative estimate of drug-likeness (QED) is 0.647. The van der Waals surface area contributed by atoms with Crippen molar-refractivity contribution < 1.29 is 4.74 Å². The lowest BCUT2D eigenvalue weighted by Gasteiger charge is -2.29. The molecule has 2 unspecified atom stereocenters. The summed E-state index contributed by atoms with van der Waals surface area (Å²) < 4.78 is 7.89. The highest BCUT2D eigenvalue weighted by Crippen LogP contribution is 2.33. The maximum absolute atomic E-state index is 5.79. The number of rotatable bonds is 6. The van der Waals surface area contributed by atoms with Crippen molar-refractivity contribution in [2.75, 3.05) is 12.9 Å². The second-order valence-corrected chi connectivity index (χ2v) is 8.32. The SMILES string of the molecule is CCOc1c(Br)cc(Br)cc1CNC1CCCC(SC)C1. The van der Waals surface area contributed by atoms with Crippen molar-refractivity contribution in [1.29, 1.82) is 0 Å². The summed E-state index contributed by atoms with van der Waals surface area (Å²) in [5.41, 5.74) is 1.21. The smallest absolute Gasteiger partial charge is 0.138 e. The third-order valence-electron chi connectivity index (χ3n) is 3.91. The van der Waals surface area contributed by atoms with Crippen LogP contribution in [0.3, 0.4) is 0 Å². The van der Waals surface area contributed by atoms with Crippen molar-refractivity contribution in [2.45, 2.75) is 50.4 Å². The van der Waals surface area contributed by atoms with Gasteiger partial charge in [0.1, 0.15) is 5.75 Å². The van der Waals surface area contributed by atoms with Crippen LogP contribution >= 0.6 is 43.6 Å². The van der Waals surface area contributed by atoms with E-state index in [1.54, 1.807) is 0 Å². The van der Waals surface area contributed by atoms with Crippen molar-refractivity contribution in [3.05, 3.63) is 26.6 Å². The number of thioether (sulfide) groups is 1. The summed E-state index contributed by atoms with van der Waals surface area (Å²) in [5.74, 6) is 0.963. The lowest BCUT2D eigenvalue weighted by molar-refractivity contribution is 0.329. The zero-order valence-corrected chi connectivity index (χ0v) is 16.6. The average Bonchev–Trinajstić information content (AvgIpc) is 2.48. The van der Waals surface area contributed by atoms with Crippen LogP contribution < -0.4 is 10.1 Å². The van der Waals surface area contributed by atoms with Crippen LogP contribution in [0.4, 0.5) is 0 Å². The molecule has 21 heavy (non-hydrogen) atoms. The van der Waals surface area contributed by atoms with Gasteiger partial charge in [-0.2, -0.15) is 11.8 Å². The Morgan fingerprint density at radius 3 is 2.86 bits per heavy atom. The molecule has 2 rings (SSSR count). The van der Waals surface area contributed by atoms with E-state index in [2.05, 4.69) is 49.5 Å². The zero-order valence-electron chi connectivity index (χ0n) is 12.6. The third-order valence-corrected chi connectivity index (χ3v) is 6.06. The van der Waals surface area contributed by atoms with Gasteiger partial charge < -0.3 is 10.1 Å². The molecule has 1 fully saturated rings. The van der Waals surface area contributed by atoms with E-state index in [1.807, 2.05) is 24.8 Å². The van der Waals surface area contributed by atoms with Gasteiger partial charge in [0, 0.05) is 27.9 Å². The van der Waals surface area contributed by atoms with Gasteiger partial charge in [-0.15, -0.1) is 0 Å². The van der Waals surface area contributed by atoms with Gasteiger partial charge in [0.2, 0.25) is 0 Å². The van der Waals surface area contributed by atoms with Gasteiger partial charge in [0.05, 0.1) is 11.1 Å². The maximum atomic E-state index is 5.79. The summed E-state index contributed by atoms with van der Waals surface area (Å²) in [7, 11) is 0. The van der Waals surface area contributed by atoms with Crippen LogP contribution in [-0.4, -0.2) is 24.2 Å². The van der Waals surface area contributed by atoms with E-state index in [9.17, 15) is 0 Å². The van der Waals surface area contributed by atoms with E-state index in [4.69, 9.17) is 4.74 Å². The molecule has 1 saturated carbocycles. The van der Waals surface area contributed by atoms with E-state index < -0.39 is 0 Å². The Balaban J connectivity index is 2.01. The molecule has 5 heteroatoms. The Hall–Kier alpha value is 0.290. The number of ether oxygens (including phenoxy) is 1. The first-order valence-electron chi connectivity index (χ1n) is 7.51. The van der Waals surface area contributed by atoms with Crippen LogP contribution in [-0.2, 0) is 6.54 Å². The molecule has 0 aliphatic heterocycles. The minimum absolute atomic E-state index is 0.628. The third kappa shape index (κ3) is 5.15. The first-order valence-corrected chi connectivity index (χ1v) is 10.4. The average molecular weight is 437 g/mol. The van der Waals surface area contributed by atoms with Gasteiger partial charge in [0.15, 0.2) is 0 Å². The van der Waals surface area contributed by atoms with Crippen molar-refractivity contribution in [2.24, 2.45) is 0 Å². The summed E-state index contributed by atoms with van der Waals surface area (Å²) >= 11 is 9.18. The fraction of sp³-hybridized carbons (Fsp3) is 0.625. The summed E-state index contributed by atoms with van der Waals surface area (Å²) in [4.78, 5) is 0. The van der Waals surface area contributed by atoms with E-state index >= 15 is 0 Å². The zero-order chi connectivity index (χ0) is 15.2. The molecule has 0 aromatic heterocycles. The first kappa shape index (κ1) is 17.6. The predicted octanol–water partition coefficient (Wildman–Crippen LogP) is 5.37. The second kappa shape index (κ2) is 8.80. The molecule has 1 aromatic rings. The normalized spacial score (nSPS) is 22.3. The summed E-state index contributed by atoms with van der Waals surface area (Å²) in [6.45, 7) is 3.57. The number of benzene rings is 1. The lowest BCUT2D eigenvalue weighted by atomic mass is 9.95. The second-order valence-electron chi connectivity index (χ2n) is 5.41. The number of hydrogen-bond acceptors (Lipinski definition) is 3. The van der Waals surface area contributed by atoms with E-state index in [0.29, 0.717) is 12.6 Å². The molecule has 1 N–H and O–H groups in total. The molecule has 0 spiro atoms. The summed E-state index contributed by atoms with van der Waals surface area (Å²) in [5, 5.41) is 4.54. The van der Waals surface area contributed by atoms with Gasteiger partial charge in [0.25, 0.3) is 0 Å². The topological polar surface area (TPSA) is 21.3 Å². The van der Waals surface area contributed by atoms with Gasteiger partial charge in [-0.3, -0.25) is 0 Å².